The van der Waals surface area contributed by atoms with Crippen LogP contribution < -0.4 is 0 Å². The molecular weight excluding hydrogens is 201 g/mol. The van der Waals surface area contributed by atoms with Gasteiger partial charge in [-0.3, -0.25) is 4.57 Å². The predicted octanol–water partition coefficient (Wildman–Crippen LogP) is 3.28. The minimum Gasteiger partial charge on any atom is -0.293 e. The molecule has 0 saturated carbocycles. The summed E-state index contributed by atoms with van der Waals surface area (Å²) in [6, 6.07) is 0. The molecule has 0 aromatic rings. The van der Waals surface area contributed by atoms with E-state index >= 15 is 0 Å². The van der Waals surface area contributed by atoms with Gasteiger partial charge in [-0.2, -0.15) is 0 Å². The molecule has 0 atom stereocenters. The minimum absolute atomic E-state index is 0.194. The van der Waals surface area contributed by atoms with Crippen LogP contribution in [0.15, 0.2) is 0 Å². The molecule has 6 heteroatoms. The third-order valence-electron chi connectivity index (χ3n) is 0. The summed E-state index contributed by atoms with van der Waals surface area (Å²) in [5.74, 6) is 0. The van der Waals surface area contributed by atoms with Gasteiger partial charge in [0, 0.05) is 0 Å². The summed E-state index contributed by atoms with van der Waals surface area (Å²) in [5.41, 5.74) is 0. The molecule has 1 nitrogen and oxygen atoms in total. The van der Waals surface area contributed by atoms with Crippen LogP contribution in [-0.2, 0) is 4.57 Å². The first kappa shape index (κ1) is 11.2. The van der Waals surface area contributed by atoms with E-state index in [4.69, 9.17) is 27.8 Å². The monoisotopic (exact) mass is 202 g/mol. The molecular formula is CH3Cl4OP. The second kappa shape index (κ2) is 10.4. The highest BCUT2D eigenvalue weighted by Crippen LogP contribution is 2.31. The van der Waals surface area contributed by atoms with Crippen molar-refractivity contribution in [3.05, 3.63) is 0 Å². The van der Waals surface area contributed by atoms with Crippen molar-refractivity contribution in [3.8, 4) is 0 Å². The molecule has 0 aromatic heterocycles. The van der Waals surface area contributed by atoms with Gasteiger partial charge < -0.3 is 0 Å². The van der Waals surface area contributed by atoms with Crippen molar-refractivity contribution in [2.45, 2.75) is 0 Å². The second-order valence-corrected chi connectivity index (χ2v) is 4.23. The summed E-state index contributed by atoms with van der Waals surface area (Å²) in [6.45, 7) is -2.19. The highest BCUT2D eigenvalue weighted by atomic mass is 35.9. The second-order valence-electron chi connectivity index (χ2n) is 0.327. The number of halogens is 4. The van der Waals surface area contributed by atoms with E-state index in [1.54, 1.807) is 0 Å². The molecule has 0 saturated heterocycles. The van der Waals surface area contributed by atoms with E-state index in [9.17, 15) is 0 Å². The fourth-order valence-corrected chi connectivity index (χ4v) is 0. The van der Waals surface area contributed by atoms with E-state index in [0.29, 0.717) is 0 Å². The first-order valence-electron chi connectivity index (χ1n) is 1.12. The summed E-state index contributed by atoms with van der Waals surface area (Å²) in [5, 5.41) is 0.194. The maximum Gasteiger partial charge on any atom is 0.241 e. The molecule has 0 heterocycles. The lowest BCUT2D eigenvalue weighted by Crippen LogP contribution is -1.24. The van der Waals surface area contributed by atoms with E-state index in [2.05, 4.69) is 22.5 Å². The SMILES string of the molecule is ClCCl.O=[PH](Cl)Cl. The van der Waals surface area contributed by atoms with Crippen molar-refractivity contribution in [2.75, 3.05) is 5.34 Å². The maximum atomic E-state index is 9.16. The molecule has 0 unspecified atom stereocenters. The minimum atomic E-state index is -2.19. The fraction of sp³-hybridized carbons (Fsp3) is 1.00. The molecule has 0 amide bonds. The van der Waals surface area contributed by atoms with Crippen LogP contribution in [0.5, 0.6) is 0 Å². The van der Waals surface area contributed by atoms with Gasteiger partial charge in [-0.1, -0.05) is 0 Å². The molecule has 46 valence electrons. The Morgan fingerprint density at radius 2 is 1.29 bits per heavy atom. The summed E-state index contributed by atoms with van der Waals surface area (Å²) in [7, 11) is 0. The Morgan fingerprint density at radius 3 is 1.29 bits per heavy atom. The van der Waals surface area contributed by atoms with Crippen molar-refractivity contribution in [1.82, 2.24) is 0 Å². The van der Waals surface area contributed by atoms with Crippen LogP contribution in [0.3, 0.4) is 0 Å². The molecule has 7 heavy (non-hydrogen) atoms. The van der Waals surface area contributed by atoms with E-state index in [-0.39, 0.29) is 5.34 Å². The molecule has 0 fully saturated rings. The Bertz CT molecular complexity index is 43.0. The first-order valence-corrected chi connectivity index (χ1v) is 5.62. The molecule has 0 aliphatic heterocycles. The van der Waals surface area contributed by atoms with Gasteiger partial charge in [0.05, 0.1) is 5.34 Å². The number of hydrogen-bond acceptors (Lipinski definition) is 1. The van der Waals surface area contributed by atoms with Gasteiger partial charge in [-0.05, 0) is 22.5 Å². The zero-order valence-electron chi connectivity index (χ0n) is 3.13. The Balaban J connectivity index is 0. The van der Waals surface area contributed by atoms with Crippen molar-refractivity contribution in [3.63, 3.8) is 0 Å². The standard InChI is InChI=1S/CH2Cl2.Cl2HOP/c2-1-3;1-4(2)3/h1H2;4H. The molecule has 0 N–H and O–H groups in total. The number of rotatable bonds is 0. The molecule has 0 rings (SSSR count). The van der Waals surface area contributed by atoms with E-state index in [0.717, 1.165) is 0 Å². The van der Waals surface area contributed by atoms with Gasteiger partial charge in [-0.15, -0.1) is 23.2 Å². The van der Waals surface area contributed by atoms with Crippen LogP contribution in [0.2, 0.25) is 0 Å². The average Bonchev–Trinajstić information content (AvgIpc) is 1.33. The Labute approximate surface area is 62.2 Å². The van der Waals surface area contributed by atoms with Crippen LogP contribution in [0.1, 0.15) is 0 Å². The lowest BCUT2D eigenvalue weighted by molar-refractivity contribution is 0.602. The van der Waals surface area contributed by atoms with Gasteiger partial charge in [0.15, 0.2) is 0 Å². The van der Waals surface area contributed by atoms with E-state index in [1.807, 2.05) is 0 Å². The molecule has 0 spiro atoms. The van der Waals surface area contributed by atoms with Crippen molar-refractivity contribution in [1.29, 1.82) is 0 Å². The topological polar surface area (TPSA) is 17.1 Å². The molecule has 0 aliphatic carbocycles. The zero-order valence-corrected chi connectivity index (χ0v) is 7.15. The van der Waals surface area contributed by atoms with Gasteiger partial charge in [-0.25, -0.2) is 0 Å². The molecule has 0 bridgehead atoms. The van der Waals surface area contributed by atoms with Crippen LogP contribution in [0.25, 0.3) is 0 Å². The van der Waals surface area contributed by atoms with E-state index < -0.39 is 6.51 Å². The van der Waals surface area contributed by atoms with Crippen LogP contribution in [0, 0.1) is 0 Å². The van der Waals surface area contributed by atoms with Crippen molar-refractivity contribution < 1.29 is 4.57 Å². The molecule has 0 aromatic carbocycles. The van der Waals surface area contributed by atoms with Crippen LogP contribution >= 0.6 is 52.2 Å². The largest absolute Gasteiger partial charge is 0.293 e. The molecule has 0 aliphatic rings. The highest BCUT2D eigenvalue weighted by molar-refractivity contribution is 7.95. The van der Waals surface area contributed by atoms with Gasteiger partial charge in [0.25, 0.3) is 0 Å². The highest BCUT2D eigenvalue weighted by Gasteiger charge is 1.67. The Hall–Kier alpha value is 1.39. The lowest BCUT2D eigenvalue weighted by atomic mass is 11.9. The Morgan fingerprint density at radius 1 is 1.29 bits per heavy atom. The maximum absolute atomic E-state index is 9.16. The van der Waals surface area contributed by atoms with Gasteiger partial charge in [0.2, 0.25) is 6.51 Å². The Kier molecular flexibility index (Phi) is 16.7. The van der Waals surface area contributed by atoms with Crippen molar-refractivity contribution in [2.24, 2.45) is 0 Å². The van der Waals surface area contributed by atoms with Crippen LogP contribution in [-0.4, -0.2) is 5.34 Å². The predicted molar refractivity (Wildman–Crippen MR) is 37.3 cm³/mol. The molecule has 0 radical (unpaired) electrons. The quantitative estimate of drug-likeness (QED) is 0.436. The van der Waals surface area contributed by atoms with Gasteiger partial charge in [0.1, 0.15) is 0 Å². The third-order valence-corrected chi connectivity index (χ3v) is 0. The summed E-state index contributed by atoms with van der Waals surface area (Å²) < 4.78 is 9.16. The smallest absolute Gasteiger partial charge is 0.241 e. The summed E-state index contributed by atoms with van der Waals surface area (Å²) in [6.07, 6.45) is 0. The number of alkyl halides is 2. The fourth-order valence-electron chi connectivity index (χ4n) is 0. The van der Waals surface area contributed by atoms with Crippen LogP contribution in [0.4, 0.5) is 0 Å². The summed E-state index contributed by atoms with van der Waals surface area (Å²) in [4.78, 5) is 0. The van der Waals surface area contributed by atoms with E-state index in [1.165, 1.54) is 0 Å². The van der Waals surface area contributed by atoms with Gasteiger partial charge >= 0.3 is 0 Å². The average molecular weight is 204 g/mol. The normalized spacial score (nSPS) is 7.57. The zero-order chi connectivity index (χ0) is 6.28. The number of hydrogen-bond donors (Lipinski definition) is 0. The van der Waals surface area contributed by atoms with Crippen molar-refractivity contribution >= 4 is 52.2 Å². The third kappa shape index (κ3) is 111. The lowest BCUT2D eigenvalue weighted by Gasteiger charge is -1.52. The first-order chi connectivity index (χ1) is 3.15. The summed E-state index contributed by atoms with van der Waals surface area (Å²) >= 11 is 18.7.